The molecule has 0 aliphatic carbocycles. The third-order valence-electron chi connectivity index (χ3n) is 3.65. The lowest BCUT2D eigenvalue weighted by molar-refractivity contribution is 0.0950. The normalized spacial score (nSPS) is 10.3. The van der Waals surface area contributed by atoms with Gasteiger partial charge in [-0.05, 0) is 36.8 Å². The van der Waals surface area contributed by atoms with E-state index >= 15 is 0 Å². The predicted octanol–water partition coefficient (Wildman–Crippen LogP) is 4.20. The van der Waals surface area contributed by atoms with Crippen LogP contribution in [-0.2, 0) is 6.54 Å². The van der Waals surface area contributed by atoms with E-state index in [1.54, 1.807) is 24.4 Å². The van der Waals surface area contributed by atoms with Crippen LogP contribution in [0.25, 0.3) is 0 Å². The van der Waals surface area contributed by atoms with Gasteiger partial charge in [0.25, 0.3) is 5.91 Å². The first-order valence-electron chi connectivity index (χ1n) is 7.91. The van der Waals surface area contributed by atoms with Gasteiger partial charge in [0.1, 0.15) is 5.82 Å². The van der Waals surface area contributed by atoms with Crippen molar-refractivity contribution in [2.45, 2.75) is 13.5 Å². The standard InChI is InChI=1S/C20H18FN3O/c1-14-4-2-5-15(8-14)11-23-20(25)16-9-19(13-22-12-16)24-18-7-3-6-17(21)10-18/h2-10,12-13,24H,11H2,1H3,(H,23,25). The average molecular weight is 335 g/mol. The van der Waals surface area contributed by atoms with E-state index in [1.165, 1.54) is 18.3 Å². The number of hydrogen-bond donors (Lipinski definition) is 2. The van der Waals surface area contributed by atoms with Crippen molar-refractivity contribution in [3.63, 3.8) is 0 Å². The number of halogens is 1. The highest BCUT2D eigenvalue weighted by Gasteiger charge is 2.07. The topological polar surface area (TPSA) is 54.0 Å². The molecule has 2 aromatic carbocycles. The Kier molecular flexibility index (Phi) is 5.04. The number of anilines is 2. The second-order valence-corrected chi connectivity index (χ2v) is 5.77. The number of aromatic nitrogens is 1. The Labute approximate surface area is 145 Å². The van der Waals surface area contributed by atoms with Crippen LogP contribution < -0.4 is 10.6 Å². The molecule has 0 aliphatic heterocycles. The van der Waals surface area contributed by atoms with Gasteiger partial charge >= 0.3 is 0 Å². The molecule has 4 nitrogen and oxygen atoms in total. The summed E-state index contributed by atoms with van der Waals surface area (Å²) in [5.74, 6) is -0.540. The number of nitrogens with one attached hydrogen (secondary N) is 2. The van der Waals surface area contributed by atoms with Gasteiger partial charge in [-0.2, -0.15) is 0 Å². The zero-order chi connectivity index (χ0) is 17.6. The van der Waals surface area contributed by atoms with E-state index in [0.717, 1.165) is 11.1 Å². The molecule has 0 fully saturated rings. The highest BCUT2D eigenvalue weighted by atomic mass is 19.1. The van der Waals surface area contributed by atoms with E-state index in [9.17, 15) is 9.18 Å². The van der Waals surface area contributed by atoms with Crippen molar-refractivity contribution in [1.82, 2.24) is 10.3 Å². The molecular formula is C20H18FN3O. The highest BCUT2D eigenvalue weighted by Crippen LogP contribution is 2.17. The largest absolute Gasteiger partial charge is 0.354 e. The summed E-state index contributed by atoms with van der Waals surface area (Å²) in [5, 5.41) is 5.91. The summed E-state index contributed by atoms with van der Waals surface area (Å²) in [4.78, 5) is 16.4. The maximum atomic E-state index is 13.2. The van der Waals surface area contributed by atoms with Crippen LogP contribution in [0, 0.1) is 12.7 Å². The fraction of sp³-hybridized carbons (Fsp3) is 0.100. The minimum Gasteiger partial charge on any atom is -0.354 e. The molecule has 0 aliphatic rings. The number of pyridine rings is 1. The Hall–Kier alpha value is -3.21. The van der Waals surface area contributed by atoms with Gasteiger partial charge in [-0.3, -0.25) is 9.78 Å². The van der Waals surface area contributed by atoms with Crippen molar-refractivity contribution in [3.05, 3.63) is 89.5 Å². The summed E-state index contributed by atoms with van der Waals surface area (Å²) in [6, 6.07) is 15.8. The maximum absolute atomic E-state index is 13.2. The lowest BCUT2D eigenvalue weighted by Gasteiger charge is -2.09. The first-order chi connectivity index (χ1) is 12.1. The summed E-state index contributed by atoms with van der Waals surface area (Å²) >= 11 is 0. The van der Waals surface area contributed by atoms with Crippen molar-refractivity contribution < 1.29 is 9.18 Å². The SMILES string of the molecule is Cc1cccc(CNC(=O)c2cncc(Nc3cccc(F)c3)c2)c1. The Bertz CT molecular complexity index is 895. The Morgan fingerprint density at radius 2 is 1.88 bits per heavy atom. The molecule has 0 saturated heterocycles. The maximum Gasteiger partial charge on any atom is 0.253 e. The van der Waals surface area contributed by atoms with Gasteiger partial charge in [0.15, 0.2) is 0 Å². The second-order valence-electron chi connectivity index (χ2n) is 5.77. The van der Waals surface area contributed by atoms with E-state index in [1.807, 2.05) is 31.2 Å². The molecule has 0 radical (unpaired) electrons. The number of benzene rings is 2. The zero-order valence-corrected chi connectivity index (χ0v) is 13.8. The minimum absolute atomic E-state index is 0.211. The van der Waals surface area contributed by atoms with Crippen LogP contribution in [0.15, 0.2) is 67.0 Å². The van der Waals surface area contributed by atoms with Crippen LogP contribution in [-0.4, -0.2) is 10.9 Å². The van der Waals surface area contributed by atoms with Gasteiger partial charge in [0.2, 0.25) is 0 Å². The molecular weight excluding hydrogens is 317 g/mol. The van der Waals surface area contributed by atoms with E-state index in [4.69, 9.17) is 0 Å². The fourth-order valence-electron chi connectivity index (χ4n) is 2.47. The van der Waals surface area contributed by atoms with E-state index in [-0.39, 0.29) is 11.7 Å². The van der Waals surface area contributed by atoms with Gasteiger partial charge in [-0.25, -0.2) is 4.39 Å². The number of aryl methyl sites for hydroxylation is 1. The molecule has 3 aromatic rings. The molecule has 25 heavy (non-hydrogen) atoms. The third kappa shape index (κ3) is 4.64. The Morgan fingerprint density at radius 3 is 2.68 bits per heavy atom. The van der Waals surface area contributed by atoms with Crippen LogP contribution in [0.5, 0.6) is 0 Å². The molecule has 0 spiro atoms. The molecule has 0 atom stereocenters. The summed E-state index contributed by atoms with van der Waals surface area (Å²) < 4.78 is 13.2. The number of nitrogens with zero attached hydrogens (tertiary/aromatic N) is 1. The summed E-state index contributed by atoms with van der Waals surface area (Å²) in [6.07, 6.45) is 3.09. The summed E-state index contributed by atoms with van der Waals surface area (Å²) in [6.45, 7) is 2.46. The third-order valence-corrected chi connectivity index (χ3v) is 3.65. The van der Waals surface area contributed by atoms with Crippen LogP contribution in [0.4, 0.5) is 15.8 Å². The predicted molar refractivity (Wildman–Crippen MR) is 96.3 cm³/mol. The first-order valence-corrected chi connectivity index (χ1v) is 7.91. The van der Waals surface area contributed by atoms with Gasteiger partial charge in [-0.1, -0.05) is 35.9 Å². The Morgan fingerprint density at radius 1 is 1.04 bits per heavy atom. The zero-order valence-electron chi connectivity index (χ0n) is 13.8. The number of carbonyl (C=O) groups excluding carboxylic acids is 1. The van der Waals surface area contributed by atoms with Crippen LogP contribution in [0.1, 0.15) is 21.5 Å². The van der Waals surface area contributed by atoms with E-state index in [0.29, 0.717) is 23.5 Å². The Balaban J connectivity index is 1.67. The fourth-order valence-corrected chi connectivity index (χ4v) is 2.47. The minimum atomic E-state index is -0.329. The molecule has 0 saturated carbocycles. The lowest BCUT2D eigenvalue weighted by atomic mass is 10.1. The number of rotatable bonds is 5. The van der Waals surface area contributed by atoms with Crippen molar-refractivity contribution in [1.29, 1.82) is 0 Å². The van der Waals surface area contributed by atoms with Crippen molar-refractivity contribution in [2.75, 3.05) is 5.32 Å². The number of amides is 1. The molecule has 126 valence electrons. The van der Waals surface area contributed by atoms with Gasteiger partial charge < -0.3 is 10.6 Å². The van der Waals surface area contributed by atoms with Crippen molar-refractivity contribution in [3.8, 4) is 0 Å². The van der Waals surface area contributed by atoms with E-state index in [2.05, 4.69) is 15.6 Å². The molecule has 5 heteroatoms. The highest BCUT2D eigenvalue weighted by molar-refractivity contribution is 5.94. The van der Waals surface area contributed by atoms with Crippen molar-refractivity contribution >= 4 is 17.3 Å². The molecule has 3 rings (SSSR count). The molecule has 0 bridgehead atoms. The quantitative estimate of drug-likeness (QED) is 0.735. The second kappa shape index (κ2) is 7.57. The van der Waals surface area contributed by atoms with Crippen LogP contribution in [0.3, 0.4) is 0 Å². The van der Waals surface area contributed by atoms with Gasteiger partial charge in [0.05, 0.1) is 17.4 Å². The van der Waals surface area contributed by atoms with Crippen LogP contribution >= 0.6 is 0 Å². The van der Waals surface area contributed by atoms with Crippen molar-refractivity contribution in [2.24, 2.45) is 0 Å². The number of carbonyl (C=O) groups is 1. The summed E-state index contributed by atoms with van der Waals surface area (Å²) in [7, 11) is 0. The smallest absolute Gasteiger partial charge is 0.253 e. The molecule has 1 aromatic heterocycles. The van der Waals surface area contributed by atoms with Crippen LogP contribution in [0.2, 0.25) is 0 Å². The summed E-state index contributed by atoms with van der Waals surface area (Å²) in [5.41, 5.74) is 3.84. The monoisotopic (exact) mass is 335 g/mol. The van der Waals surface area contributed by atoms with Gasteiger partial charge in [-0.15, -0.1) is 0 Å². The first kappa shape index (κ1) is 16.6. The molecule has 0 unspecified atom stereocenters. The van der Waals surface area contributed by atoms with Gasteiger partial charge in [0, 0.05) is 18.4 Å². The average Bonchev–Trinajstić information content (AvgIpc) is 2.60. The molecule has 1 amide bonds. The lowest BCUT2D eigenvalue weighted by Crippen LogP contribution is -2.23. The number of hydrogen-bond acceptors (Lipinski definition) is 3. The van der Waals surface area contributed by atoms with E-state index < -0.39 is 0 Å². The molecule has 1 heterocycles. The molecule has 2 N–H and O–H groups in total.